The van der Waals surface area contributed by atoms with Crippen molar-refractivity contribution < 1.29 is 51.3 Å². The fourth-order valence-electron chi connectivity index (χ4n) is 2.83. The lowest BCUT2D eigenvalue weighted by Gasteiger charge is -2.14. The van der Waals surface area contributed by atoms with Gasteiger partial charge < -0.3 is 18.9 Å². The lowest BCUT2D eigenvalue weighted by molar-refractivity contribution is -0.150. The first-order chi connectivity index (χ1) is 17.6. The van der Waals surface area contributed by atoms with E-state index >= 15 is 0 Å². The Balaban J connectivity index is 0.00000334. The van der Waals surface area contributed by atoms with Gasteiger partial charge in [-0.05, 0) is 30.7 Å². The van der Waals surface area contributed by atoms with E-state index in [0.717, 1.165) is 6.08 Å². The molecule has 0 radical (unpaired) electrons. The Hall–Kier alpha value is -3.74. The molecule has 1 heterocycles. The molecule has 0 bridgehead atoms. The maximum Gasteiger partial charge on any atom is 0.330 e. The number of hydrogen-bond acceptors (Lipinski definition) is 11. The van der Waals surface area contributed by atoms with Gasteiger partial charge in [-0.15, -0.1) is 0 Å². The molecule has 1 aliphatic heterocycles. The second-order valence-electron chi connectivity index (χ2n) is 7.04. The lowest BCUT2D eigenvalue weighted by Crippen LogP contribution is -2.35. The highest BCUT2D eigenvalue weighted by molar-refractivity contribution is 7.90. The fraction of sp³-hybridized carbons (Fsp3) is 0.458. The SMILES string of the molecule is C=CC(=O)OCCOC(=O)CCCC(=O)OCCOc1ccc(S(=O)(=O)N2C(=O)CCC2=O)cc1.CC. The van der Waals surface area contributed by atoms with E-state index in [1.807, 2.05) is 13.8 Å². The predicted molar refractivity (Wildman–Crippen MR) is 128 cm³/mol. The summed E-state index contributed by atoms with van der Waals surface area (Å²) in [6, 6.07) is 5.11. The van der Waals surface area contributed by atoms with Gasteiger partial charge >= 0.3 is 17.9 Å². The molecule has 204 valence electrons. The summed E-state index contributed by atoms with van der Waals surface area (Å²) < 4.78 is 45.1. The van der Waals surface area contributed by atoms with Crippen LogP contribution in [0.4, 0.5) is 0 Å². The van der Waals surface area contributed by atoms with Crippen LogP contribution >= 0.6 is 0 Å². The van der Waals surface area contributed by atoms with Crippen LogP contribution in [0.15, 0.2) is 41.8 Å². The molecular formula is C24H31NO11S. The number of sulfonamides is 1. The molecule has 0 unspecified atom stereocenters. The maximum atomic E-state index is 12.5. The van der Waals surface area contributed by atoms with Crippen molar-refractivity contribution in [1.29, 1.82) is 0 Å². The van der Waals surface area contributed by atoms with Gasteiger partial charge in [0, 0.05) is 31.8 Å². The summed E-state index contributed by atoms with van der Waals surface area (Å²) >= 11 is 0. The van der Waals surface area contributed by atoms with Crippen LogP contribution in [-0.2, 0) is 48.2 Å². The molecule has 0 N–H and O–H groups in total. The average molecular weight is 542 g/mol. The van der Waals surface area contributed by atoms with E-state index < -0.39 is 39.7 Å². The standard InChI is InChI=1S/C22H25NO11S.C2H6/c1-2-20(26)32-14-15-34-22(28)5-3-4-21(27)33-13-12-31-16-6-8-17(9-7-16)35(29,30)23-18(24)10-11-19(23)25;1-2/h2,6-9H,1,3-5,10-15H2;1-2H3. The highest BCUT2D eigenvalue weighted by Crippen LogP contribution is 2.24. The number of nitrogens with zero attached hydrogens (tertiary/aromatic N) is 1. The summed E-state index contributed by atoms with van der Waals surface area (Å²) in [5.74, 6) is -2.94. The number of amides is 2. The topological polar surface area (TPSA) is 160 Å². The van der Waals surface area contributed by atoms with Gasteiger partial charge in [-0.3, -0.25) is 19.2 Å². The van der Waals surface area contributed by atoms with Gasteiger partial charge in [0.05, 0.1) is 4.90 Å². The van der Waals surface area contributed by atoms with Gasteiger partial charge in [-0.2, -0.15) is 4.31 Å². The molecule has 0 aliphatic carbocycles. The third kappa shape index (κ3) is 10.4. The second kappa shape index (κ2) is 16.1. The molecule has 1 aromatic carbocycles. The van der Waals surface area contributed by atoms with Crippen molar-refractivity contribution in [2.24, 2.45) is 0 Å². The predicted octanol–water partition coefficient (Wildman–Crippen LogP) is 1.92. The molecule has 13 heteroatoms. The van der Waals surface area contributed by atoms with E-state index in [2.05, 4.69) is 11.3 Å². The number of imide groups is 1. The zero-order valence-electron chi connectivity index (χ0n) is 20.8. The quantitative estimate of drug-likeness (QED) is 0.111. The van der Waals surface area contributed by atoms with Crippen molar-refractivity contribution in [1.82, 2.24) is 4.31 Å². The summed E-state index contributed by atoms with van der Waals surface area (Å²) in [6.45, 7) is 6.96. The highest BCUT2D eigenvalue weighted by atomic mass is 32.2. The van der Waals surface area contributed by atoms with Crippen LogP contribution in [0, 0.1) is 0 Å². The molecule has 0 saturated carbocycles. The second-order valence-corrected chi connectivity index (χ2v) is 8.83. The molecule has 0 spiro atoms. The van der Waals surface area contributed by atoms with Gasteiger partial charge in [0.2, 0.25) is 11.8 Å². The Morgan fingerprint density at radius 2 is 1.35 bits per heavy atom. The molecule has 37 heavy (non-hydrogen) atoms. The van der Waals surface area contributed by atoms with E-state index in [9.17, 15) is 32.4 Å². The number of rotatable bonds is 14. The van der Waals surface area contributed by atoms with E-state index in [-0.39, 0.29) is 67.7 Å². The smallest absolute Gasteiger partial charge is 0.330 e. The normalized spacial score (nSPS) is 12.8. The summed E-state index contributed by atoms with van der Waals surface area (Å²) in [6.07, 6.45) is 0.897. The maximum absolute atomic E-state index is 12.5. The van der Waals surface area contributed by atoms with Crippen LogP contribution in [-0.4, -0.2) is 68.9 Å². The van der Waals surface area contributed by atoms with Crippen LogP contribution in [0.2, 0.25) is 0 Å². The van der Waals surface area contributed by atoms with Crippen molar-refractivity contribution in [2.45, 2.75) is 50.8 Å². The van der Waals surface area contributed by atoms with Crippen molar-refractivity contribution >= 4 is 39.7 Å². The van der Waals surface area contributed by atoms with Crippen molar-refractivity contribution in [2.75, 3.05) is 26.4 Å². The number of hydrogen-bond donors (Lipinski definition) is 0. The Kier molecular flexibility index (Phi) is 13.6. The molecule has 0 aromatic heterocycles. The van der Waals surface area contributed by atoms with Gasteiger partial charge in [-0.1, -0.05) is 20.4 Å². The summed E-state index contributed by atoms with van der Waals surface area (Å²) in [5.41, 5.74) is 0. The first-order valence-electron chi connectivity index (χ1n) is 11.6. The van der Waals surface area contributed by atoms with E-state index in [1.165, 1.54) is 24.3 Å². The van der Waals surface area contributed by atoms with E-state index in [1.54, 1.807) is 0 Å². The zero-order valence-corrected chi connectivity index (χ0v) is 21.6. The molecular weight excluding hydrogens is 510 g/mol. The van der Waals surface area contributed by atoms with Gasteiger partial charge in [-0.25, -0.2) is 13.2 Å². The Bertz CT molecular complexity index is 1050. The van der Waals surface area contributed by atoms with Gasteiger partial charge in [0.25, 0.3) is 10.0 Å². The minimum atomic E-state index is -4.26. The van der Waals surface area contributed by atoms with Crippen LogP contribution in [0.5, 0.6) is 5.75 Å². The molecule has 2 rings (SSSR count). The third-order valence-corrected chi connectivity index (χ3v) is 6.26. The van der Waals surface area contributed by atoms with E-state index in [4.69, 9.17) is 14.2 Å². The summed E-state index contributed by atoms with van der Waals surface area (Å²) in [5, 5.41) is 0. The Labute approximate surface area is 215 Å². The third-order valence-electron chi connectivity index (χ3n) is 4.50. The zero-order chi connectivity index (χ0) is 27.8. The molecule has 1 aromatic rings. The largest absolute Gasteiger partial charge is 0.490 e. The fourth-order valence-corrected chi connectivity index (χ4v) is 4.24. The lowest BCUT2D eigenvalue weighted by atomic mass is 10.2. The minimum Gasteiger partial charge on any atom is -0.490 e. The first kappa shape index (κ1) is 31.3. The average Bonchev–Trinajstić information content (AvgIpc) is 3.24. The molecule has 12 nitrogen and oxygen atoms in total. The van der Waals surface area contributed by atoms with Crippen LogP contribution in [0.3, 0.4) is 0 Å². The minimum absolute atomic E-state index is 0.00754. The van der Waals surface area contributed by atoms with Crippen molar-refractivity contribution in [3.63, 3.8) is 0 Å². The summed E-state index contributed by atoms with van der Waals surface area (Å²) in [7, 11) is -4.26. The van der Waals surface area contributed by atoms with Crippen LogP contribution in [0.1, 0.15) is 46.0 Å². The highest BCUT2D eigenvalue weighted by Gasteiger charge is 2.39. The number of benzene rings is 1. The van der Waals surface area contributed by atoms with Gasteiger partial charge in [0.15, 0.2) is 0 Å². The number of ether oxygens (including phenoxy) is 4. The Morgan fingerprint density at radius 1 is 0.865 bits per heavy atom. The first-order valence-corrected chi connectivity index (χ1v) is 13.0. The molecule has 1 aliphatic rings. The molecule has 1 saturated heterocycles. The van der Waals surface area contributed by atoms with Crippen molar-refractivity contribution in [3.8, 4) is 5.75 Å². The monoisotopic (exact) mass is 541 g/mol. The molecule has 1 fully saturated rings. The van der Waals surface area contributed by atoms with Gasteiger partial charge in [0.1, 0.15) is 32.2 Å². The van der Waals surface area contributed by atoms with E-state index in [0.29, 0.717) is 5.75 Å². The number of carbonyl (C=O) groups excluding carboxylic acids is 5. The number of carbonyl (C=O) groups is 5. The molecule has 0 atom stereocenters. The van der Waals surface area contributed by atoms with Crippen LogP contribution in [0.25, 0.3) is 0 Å². The number of esters is 3. The Morgan fingerprint density at radius 3 is 1.86 bits per heavy atom. The van der Waals surface area contributed by atoms with Crippen molar-refractivity contribution in [3.05, 3.63) is 36.9 Å². The van der Waals surface area contributed by atoms with Crippen LogP contribution < -0.4 is 4.74 Å². The summed E-state index contributed by atoms with van der Waals surface area (Å²) in [4.78, 5) is 57.2. The molecule has 2 amide bonds.